The summed E-state index contributed by atoms with van der Waals surface area (Å²) >= 11 is 0. The van der Waals surface area contributed by atoms with Crippen LogP contribution in [0.2, 0.25) is 0 Å². The van der Waals surface area contributed by atoms with E-state index in [1.165, 1.54) is 6.92 Å². The summed E-state index contributed by atoms with van der Waals surface area (Å²) in [7, 11) is 0. The zero-order valence-electron chi connectivity index (χ0n) is 8.58. The van der Waals surface area contributed by atoms with E-state index in [0.717, 1.165) is 11.3 Å². The number of carbonyl (C=O) groups excluding carboxylic acids is 1. The molecule has 0 saturated carbocycles. The molecule has 0 heterocycles. The second kappa shape index (κ2) is 5.84. The van der Waals surface area contributed by atoms with Gasteiger partial charge in [-0.1, -0.05) is 17.9 Å². The molecule has 0 atom stereocenters. The molecule has 0 aromatic heterocycles. The summed E-state index contributed by atoms with van der Waals surface area (Å²) in [6, 6.07) is 7.29. The van der Waals surface area contributed by atoms with E-state index < -0.39 is 0 Å². The Morgan fingerprint density at radius 3 is 3.00 bits per heavy atom. The van der Waals surface area contributed by atoms with Crippen LogP contribution in [0.25, 0.3) is 0 Å². The first-order chi connectivity index (χ1) is 7.22. The molecule has 15 heavy (non-hydrogen) atoms. The average Bonchev–Trinajstić information content (AvgIpc) is 2.18. The lowest BCUT2D eigenvalue weighted by Gasteiger charge is -2.01. The van der Waals surface area contributed by atoms with Crippen LogP contribution in [0.1, 0.15) is 18.9 Å². The summed E-state index contributed by atoms with van der Waals surface area (Å²) in [6.45, 7) is 1.53. The zero-order chi connectivity index (χ0) is 11.1. The largest absolute Gasteiger partial charge is 0.395 e. The van der Waals surface area contributed by atoms with Gasteiger partial charge in [-0.2, -0.15) is 0 Å². The van der Waals surface area contributed by atoms with Crippen molar-refractivity contribution in [3.8, 4) is 11.8 Å². The van der Waals surface area contributed by atoms with Crippen LogP contribution in [-0.4, -0.2) is 17.6 Å². The van der Waals surface area contributed by atoms with Gasteiger partial charge in [0.2, 0.25) is 5.91 Å². The molecule has 0 radical (unpaired) electrons. The highest BCUT2D eigenvalue weighted by molar-refractivity contribution is 5.88. The molecule has 0 aliphatic carbocycles. The highest BCUT2D eigenvalue weighted by Crippen LogP contribution is 2.09. The van der Waals surface area contributed by atoms with E-state index in [9.17, 15) is 4.79 Å². The number of rotatable bonds is 2. The Morgan fingerprint density at radius 2 is 2.33 bits per heavy atom. The second-order valence-corrected chi connectivity index (χ2v) is 3.04. The first kappa shape index (κ1) is 11.3. The van der Waals surface area contributed by atoms with Gasteiger partial charge in [-0.05, 0) is 18.2 Å². The number of hydrogen-bond acceptors (Lipinski definition) is 2. The third-order valence-electron chi connectivity index (χ3n) is 1.65. The summed E-state index contributed by atoms with van der Waals surface area (Å²) in [5, 5.41) is 11.2. The number of nitrogens with one attached hydrogen (secondary N) is 1. The zero-order valence-corrected chi connectivity index (χ0v) is 8.58. The maximum Gasteiger partial charge on any atom is 0.221 e. The van der Waals surface area contributed by atoms with Crippen molar-refractivity contribution < 1.29 is 9.90 Å². The average molecular weight is 203 g/mol. The number of benzene rings is 1. The Hall–Kier alpha value is -1.79. The van der Waals surface area contributed by atoms with Crippen LogP contribution >= 0.6 is 0 Å². The minimum atomic E-state index is -0.101. The molecule has 0 aliphatic rings. The van der Waals surface area contributed by atoms with E-state index in [-0.39, 0.29) is 12.5 Å². The van der Waals surface area contributed by atoms with Crippen LogP contribution in [0.15, 0.2) is 24.3 Å². The van der Waals surface area contributed by atoms with Gasteiger partial charge < -0.3 is 10.4 Å². The Balaban J connectivity index is 2.75. The monoisotopic (exact) mass is 203 g/mol. The Morgan fingerprint density at radius 1 is 1.53 bits per heavy atom. The molecular formula is C12H13NO2. The van der Waals surface area contributed by atoms with Crippen molar-refractivity contribution in [3.05, 3.63) is 29.8 Å². The standard InChI is InChI=1S/C12H13NO2/c1-10(15)13-12-7-4-6-11(9-12)5-2-3-8-14/h4,6-7,9,14H,3,8H2,1H3,(H,13,15). The minimum Gasteiger partial charge on any atom is -0.395 e. The van der Waals surface area contributed by atoms with Gasteiger partial charge in [0.1, 0.15) is 0 Å². The van der Waals surface area contributed by atoms with Crippen molar-refractivity contribution in [2.24, 2.45) is 0 Å². The Bertz CT molecular complexity index is 402. The molecule has 0 saturated heterocycles. The van der Waals surface area contributed by atoms with Gasteiger partial charge in [0.15, 0.2) is 0 Å². The number of anilines is 1. The molecule has 1 rings (SSSR count). The van der Waals surface area contributed by atoms with Crippen LogP contribution in [0.3, 0.4) is 0 Å². The number of aliphatic hydroxyl groups is 1. The third kappa shape index (κ3) is 4.30. The number of carbonyl (C=O) groups is 1. The van der Waals surface area contributed by atoms with E-state index in [1.54, 1.807) is 12.1 Å². The first-order valence-electron chi connectivity index (χ1n) is 4.70. The van der Waals surface area contributed by atoms with Gasteiger partial charge >= 0.3 is 0 Å². The normalized spacial score (nSPS) is 8.93. The third-order valence-corrected chi connectivity index (χ3v) is 1.65. The Kier molecular flexibility index (Phi) is 4.39. The van der Waals surface area contributed by atoms with Gasteiger partial charge in [-0.25, -0.2) is 0 Å². The van der Waals surface area contributed by atoms with Crippen LogP contribution in [0.4, 0.5) is 5.69 Å². The number of hydrogen-bond donors (Lipinski definition) is 2. The van der Waals surface area contributed by atoms with Crippen LogP contribution in [0.5, 0.6) is 0 Å². The van der Waals surface area contributed by atoms with Crippen LogP contribution < -0.4 is 5.32 Å². The highest BCUT2D eigenvalue weighted by Gasteiger charge is 1.94. The fraction of sp³-hybridized carbons (Fsp3) is 0.250. The maximum absolute atomic E-state index is 10.8. The fourth-order valence-electron chi connectivity index (χ4n) is 1.10. The van der Waals surface area contributed by atoms with Gasteiger partial charge in [0.05, 0.1) is 6.61 Å². The van der Waals surface area contributed by atoms with Crippen molar-refractivity contribution in [2.45, 2.75) is 13.3 Å². The van der Waals surface area contributed by atoms with E-state index in [4.69, 9.17) is 5.11 Å². The van der Waals surface area contributed by atoms with Gasteiger partial charge in [-0.3, -0.25) is 4.79 Å². The molecule has 3 nitrogen and oxygen atoms in total. The first-order valence-corrected chi connectivity index (χ1v) is 4.70. The summed E-state index contributed by atoms with van der Waals surface area (Å²) in [4.78, 5) is 10.8. The molecule has 0 bridgehead atoms. The Labute approximate surface area is 89.1 Å². The SMILES string of the molecule is CC(=O)Nc1cccc(C#CCCO)c1. The second-order valence-electron chi connectivity index (χ2n) is 3.04. The van der Waals surface area contributed by atoms with Crippen molar-refractivity contribution in [1.82, 2.24) is 0 Å². The van der Waals surface area contributed by atoms with Crippen LogP contribution in [-0.2, 0) is 4.79 Å². The molecule has 0 unspecified atom stereocenters. The smallest absolute Gasteiger partial charge is 0.221 e. The summed E-state index contributed by atoms with van der Waals surface area (Å²) in [5.74, 6) is 5.62. The lowest BCUT2D eigenvalue weighted by Crippen LogP contribution is -2.05. The van der Waals surface area contributed by atoms with E-state index >= 15 is 0 Å². The predicted octanol–water partition coefficient (Wildman–Crippen LogP) is 1.38. The number of amides is 1. The van der Waals surface area contributed by atoms with Gasteiger partial charge in [0.25, 0.3) is 0 Å². The quantitative estimate of drug-likeness (QED) is 0.713. The molecular weight excluding hydrogens is 190 g/mol. The molecule has 0 spiro atoms. The van der Waals surface area contributed by atoms with E-state index in [0.29, 0.717) is 6.42 Å². The molecule has 2 N–H and O–H groups in total. The van der Waals surface area contributed by atoms with Crippen LogP contribution in [0, 0.1) is 11.8 Å². The van der Waals surface area contributed by atoms with Crippen molar-refractivity contribution in [2.75, 3.05) is 11.9 Å². The minimum absolute atomic E-state index is 0.0678. The highest BCUT2D eigenvalue weighted by atomic mass is 16.2. The molecule has 78 valence electrons. The van der Waals surface area contributed by atoms with Crippen molar-refractivity contribution in [1.29, 1.82) is 0 Å². The van der Waals surface area contributed by atoms with E-state index in [1.807, 2.05) is 12.1 Å². The van der Waals surface area contributed by atoms with Gasteiger partial charge in [0, 0.05) is 24.6 Å². The maximum atomic E-state index is 10.8. The molecule has 1 aromatic rings. The summed E-state index contributed by atoms with van der Waals surface area (Å²) in [5.41, 5.74) is 1.56. The fourth-order valence-corrected chi connectivity index (χ4v) is 1.10. The summed E-state index contributed by atoms with van der Waals surface area (Å²) in [6.07, 6.45) is 0.463. The predicted molar refractivity (Wildman–Crippen MR) is 59.3 cm³/mol. The molecule has 0 aliphatic heterocycles. The topological polar surface area (TPSA) is 49.3 Å². The summed E-state index contributed by atoms with van der Waals surface area (Å²) < 4.78 is 0. The lowest BCUT2D eigenvalue weighted by molar-refractivity contribution is -0.114. The number of aliphatic hydroxyl groups excluding tert-OH is 1. The lowest BCUT2D eigenvalue weighted by atomic mass is 10.2. The molecule has 3 heteroatoms. The molecule has 1 amide bonds. The van der Waals surface area contributed by atoms with E-state index in [2.05, 4.69) is 17.2 Å². The van der Waals surface area contributed by atoms with Crippen molar-refractivity contribution >= 4 is 11.6 Å². The van der Waals surface area contributed by atoms with Gasteiger partial charge in [-0.15, -0.1) is 0 Å². The molecule has 0 fully saturated rings. The van der Waals surface area contributed by atoms with Crippen molar-refractivity contribution in [3.63, 3.8) is 0 Å². The molecule has 1 aromatic carbocycles.